The molecule has 0 radical (unpaired) electrons. The van der Waals surface area contributed by atoms with E-state index in [0.29, 0.717) is 17.0 Å². The highest BCUT2D eigenvalue weighted by Crippen LogP contribution is 2.19. The molecule has 174 valence electrons. The van der Waals surface area contributed by atoms with Gasteiger partial charge in [-0.1, -0.05) is 43.6 Å². The molecule has 1 rings (SSSR count). The largest absolute Gasteiger partial charge is 0.464 e. The van der Waals surface area contributed by atoms with Gasteiger partial charge in [-0.2, -0.15) is 0 Å². The average molecular weight is 455 g/mol. The molecule has 2 amide bonds. The summed E-state index contributed by atoms with van der Waals surface area (Å²) in [5.41, 5.74) is 0.0424. The van der Waals surface area contributed by atoms with Gasteiger partial charge in [-0.05, 0) is 51.7 Å². The van der Waals surface area contributed by atoms with Crippen molar-refractivity contribution in [3.8, 4) is 0 Å². The van der Waals surface area contributed by atoms with Gasteiger partial charge in [0, 0.05) is 18.1 Å². The lowest BCUT2D eigenvalue weighted by Gasteiger charge is -2.32. The van der Waals surface area contributed by atoms with Crippen molar-refractivity contribution < 1.29 is 23.9 Å². The lowest BCUT2D eigenvalue weighted by Crippen LogP contribution is -2.50. The van der Waals surface area contributed by atoms with Crippen molar-refractivity contribution in [2.75, 3.05) is 19.7 Å². The molecular formula is C23H35ClN2O5. The van der Waals surface area contributed by atoms with Crippen molar-refractivity contribution in [3.05, 3.63) is 34.9 Å². The molecule has 0 spiro atoms. The van der Waals surface area contributed by atoms with Gasteiger partial charge in [0.1, 0.15) is 11.6 Å². The van der Waals surface area contributed by atoms with E-state index < -0.39 is 23.7 Å². The van der Waals surface area contributed by atoms with Gasteiger partial charge in [-0.25, -0.2) is 9.59 Å². The first-order valence-corrected chi connectivity index (χ1v) is 11.0. The molecular weight excluding hydrogens is 420 g/mol. The van der Waals surface area contributed by atoms with E-state index in [4.69, 9.17) is 21.1 Å². The third-order valence-corrected chi connectivity index (χ3v) is 4.64. The lowest BCUT2D eigenvalue weighted by atomic mass is 10.0. The van der Waals surface area contributed by atoms with Crippen LogP contribution < -0.4 is 5.32 Å². The number of nitrogens with zero attached hydrogens (tertiary/aromatic N) is 1. The Morgan fingerprint density at radius 2 is 1.81 bits per heavy atom. The van der Waals surface area contributed by atoms with Gasteiger partial charge in [0.15, 0.2) is 0 Å². The standard InChI is InChI=1S/C23H35ClN2O5/c1-7-30-21(28)19(14-16(2)3)26(13-12-25-22(29)31-23(4,5)6)20(27)15-17-10-8-9-11-18(17)24/h8-11,16,19H,7,12-15H2,1-6H3,(H,25,29)/t19-/m0/s1. The van der Waals surface area contributed by atoms with E-state index in [0.717, 1.165) is 0 Å². The number of nitrogens with one attached hydrogen (secondary N) is 1. The average Bonchev–Trinajstić information content (AvgIpc) is 2.64. The van der Waals surface area contributed by atoms with Crippen molar-refractivity contribution in [1.82, 2.24) is 10.2 Å². The zero-order chi connectivity index (χ0) is 23.6. The van der Waals surface area contributed by atoms with Crippen LogP contribution in [0.2, 0.25) is 5.02 Å². The summed E-state index contributed by atoms with van der Waals surface area (Å²) in [5, 5.41) is 3.13. The summed E-state index contributed by atoms with van der Waals surface area (Å²) >= 11 is 6.22. The van der Waals surface area contributed by atoms with Gasteiger partial charge in [0.25, 0.3) is 0 Å². The molecule has 1 aromatic rings. The number of rotatable bonds is 10. The molecule has 31 heavy (non-hydrogen) atoms. The van der Waals surface area contributed by atoms with Crippen molar-refractivity contribution in [1.29, 1.82) is 0 Å². The Morgan fingerprint density at radius 1 is 1.16 bits per heavy atom. The van der Waals surface area contributed by atoms with Crippen LogP contribution >= 0.6 is 11.6 Å². The zero-order valence-corrected chi connectivity index (χ0v) is 20.1. The number of amides is 2. The minimum Gasteiger partial charge on any atom is -0.464 e. The minimum atomic E-state index is -0.754. The Hall–Kier alpha value is -2.28. The molecule has 1 N–H and O–H groups in total. The maximum absolute atomic E-state index is 13.2. The fourth-order valence-corrected chi connectivity index (χ4v) is 3.19. The molecule has 0 bridgehead atoms. The maximum Gasteiger partial charge on any atom is 0.407 e. The van der Waals surface area contributed by atoms with Crippen LogP contribution in [0.15, 0.2) is 24.3 Å². The third-order valence-electron chi connectivity index (χ3n) is 4.27. The SMILES string of the molecule is CCOC(=O)[C@H](CC(C)C)N(CCNC(=O)OC(C)(C)C)C(=O)Cc1ccccc1Cl. The smallest absolute Gasteiger partial charge is 0.407 e. The molecule has 1 aromatic carbocycles. The molecule has 0 saturated carbocycles. The highest BCUT2D eigenvalue weighted by molar-refractivity contribution is 6.31. The first-order chi connectivity index (χ1) is 14.4. The monoisotopic (exact) mass is 454 g/mol. The minimum absolute atomic E-state index is 0.0418. The van der Waals surface area contributed by atoms with Gasteiger partial charge in [0.05, 0.1) is 13.0 Å². The molecule has 0 heterocycles. The van der Waals surface area contributed by atoms with Gasteiger partial charge in [-0.15, -0.1) is 0 Å². The molecule has 0 unspecified atom stereocenters. The number of halogens is 1. The molecule has 0 aliphatic rings. The Balaban J connectivity index is 3.03. The van der Waals surface area contributed by atoms with Crippen LogP contribution in [0.25, 0.3) is 0 Å². The molecule has 0 fully saturated rings. The fourth-order valence-electron chi connectivity index (χ4n) is 2.99. The van der Waals surface area contributed by atoms with Crippen LogP contribution in [-0.4, -0.2) is 54.2 Å². The van der Waals surface area contributed by atoms with Gasteiger partial charge in [-0.3, -0.25) is 4.79 Å². The van der Waals surface area contributed by atoms with Crippen LogP contribution in [0.1, 0.15) is 53.5 Å². The van der Waals surface area contributed by atoms with Crippen molar-refractivity contribution in [2.45, 2.75) is 66.0 Å². The summed E-state index contributed by atoms with van der Waals surface area (Å²) in [6.45, 7) is 11.5. The summed E-state index contributed by atoms with van der Waals surface area (Å²) in [5.74, 6) is -0.567. The topological polar surface area (TPSA) is 84.9 Å². The van der Waals surface area contributed by atoms with E-state index in [2.05, 4.69) is 5.32 Å². The predicted octanol–water partition coefficient (Wildman–Crippen LogP) is 4.21. The Labute approximate surface area is 190 Å². The van der Waals surface area contributed by atoms with E-state index in [1.165, 1.54) is 4.90 Å². The maximum atomic E-state index is 13.2. The molecule has 0 saturated heterocycles. The zero-order valence-electron chi connectivity index (χ0n) is 19.4. The van der Waals surface area contributed by atoms with Crippen LogP contribution in [0.3, 0.4) is 0 Å². The second-order valence-electron chi connectivity index (χ2n) is 8.68. The van der Waals surface area contributed by atoms with E-state index in [9.17, 15) is 14.4 Å². The van der Waals surface area contributed by atoms with E-state index in [1.54, 1.807) is 52.0 Å². The number of hydrogen-bond donors (Lipinski definition) is 1. The Kier molecular flexibility index (Phi) is 10.8. The highest BCUT2D eigenvalue weighted by atomic mass is 35.5. The lowest BCUT2D eigenvalue weighted by molar-refractivity contribution is -0.155. The number of benzene rings is 1. The van der Waals surface area contributed by atoms with Gasteiger partial charge in [0.2, 0.25) is 5.91 Å². The van der Waals surface area contributed by atoms with Crippen molar-refractivity contribution in [3.63, 3.8) is 0 Å². The predicted molar refractivity (Wildman–Crippen MR) is 121 cm³/mol. The first kappa shape index (κ1) is 26.8. The van der Waals surface area contributed by atoms with E-state index >= 15 is 0 Å². The van der Waals surface area contributed by atoms with Crippen molar-refractivity contribution in [2.24, 2.45) is 5.92 Å². The summed E-state index contributed by atoms with van der Waals surface area (Å²) < 4.78 is 10.5. The number of hydrogen-bond acceptors (Lipinski definition) is 5. The summed E-state index contributed by atoms with van der Waals surface area (Å²) in [6.07, 6.45) is -0.0952. The van der Waals surface area contributed by atoms with E-state index in [1.807, 2.05) is 13.8 Å². The second-order valence-corrected chi connectivity index (χ2v) is 9.09. The summed E-state index contributed by atoms with van der Waals surface area (Å²) in [7, 11) is 0. The van der Waals surface area contributed by atoms with Crippen LogP contribution in [0.4, 0.5) is 4.79 Å². The highest BCUT2D eigenvalue weighted by Gasteiger charge is 2.32. The first-order valence-electron chi connectivity index (χ1n) is 10.6. The Bertz CT molecular complexity index is 746. The van der Waals surface area contributed by atoms with Gasteiger partial charge >= 0.3 is 12.1 Å². The van der Waals surface area contributed by atoms with Crippen LogP contribution in [0, 0.1) is 5.92 Å². The van der Waals surface area contributed by atoms with E-state index in [-0.39, 0.29) is 37.9 Å². The number of carbonyl (C=O) groups excluding carboxylic acids is 3. The quantitative estimate of drug-likeness (QED) is 0.535. The van der Waals surface area contributed by atoms with Gasteiger partial charge < -0.3 is 19.7 Å². The summed E-state index contributed by atoms with van der Waals surface area (Å²) in [4.78, 5) is 39.3. The molecule has 0 aliphatic carbocycles. The number of alkyl carbamates (subject to hydrolysis) is 1. The number of esters is 1. The number of carbonyl (C=O) groups is 3. The van der Waals surface area contributed by atoms with Crippen LogP contribution in [0.5, 0.6) is 0 Å². The summed E-state index contributed by atoms with van der Waals surface area (Å²) in [6, 6.07) is 6.34. The molecule has 8 heteroatoms. The normalized spacial score (nSPS) is 12.3. The molecule has 0 aromatic heterocycles. The second kappa shape index (κ2) is 12.5. The molecule has 7 nitrogen and oxygen atoms in total. The fraction of sp³-hybridized carbons (Fsp3) is 0.609. The molecule has 1 atom stereocenters. The number of ether oxygens (including phenoxy) is 2. The third kappa shape index (κ3) is 10.0. The Morgan fingerprint density at radius 3 is 2.35 bits per heavy atom. The molecule has 0 aliphatic heterocycles. The van der Waals surface area contributed by atoms with Crippen molar-refractivity contribution >= 4 is 29.6 Å². The van der Waals surface area contributed by atoms with Crippen LogP contribution in [-0.2, 0) is 25.5 Å².